The molecule has 1 unspecified atom stereocenters. The van der Waals surface area contributed by atoms with Gasteiger partial charge in [0.2, 0.25) is 5.91 Å². The van der Waals surface area contributed by atoms with Crippen molar-refractivity contribution in [3.05, 3.63) is 0 Å². The summed E-state index contributed by atoms with van der Waals surface area (Å²) in [5.74, 6) is -0.622. The number of amides is 1. The fourth-order valence-electron chi connectivity index (χ4n) is 1.74. The SMILES string of the molecule is CC(C)CC(NCC(=O)N(C)C1CC1)C(=O)O. The maximum absolute atomic E-state index is 11.7. The van der Waals surface area contributed by atoms with Gasteiger partial charge in [-0.2, -0.15) is 0 Å². The zero-order chi connectivity index (χ0) is 13.0. The first kappa shape index (κ1) is 14.0. The van der Waals surface area contributed by atoms with Gasteiger partial charge in [-0.15, -0.1) is 0 Å². The lowest BCUT2D eigenvalue weighted by molar-refractivity contribution is -0.140. The van der Waals surface area contributed by atoms with Gasteiger partial charge in [0.05, 0.1) is 6.54 Å². The summed E-state index contributed by atoms with van der Waals surface area (Å²) in [6.45, 7) is 4.04. The van der Waals surface area contributed by atoms with Gasteiger partial charge in [-0.3, -0.25) is 14.9 Å². The third kappa shape index (κ3) is 4.73. The Labute approximate surface area is 102 Å². The molecule has 0 saturated heterocycles. The van der Waals surface area contributed by atoms with Crippen molar-refractivity contribution >= 4 is 11.9 Å². The van der Waals surface area contributed by atoms with Crippen molar-refractivity contribution < 1.29 is 14.7 Å². The van der Waals surface area contributed by atoms with Crippen LogP contribution >= 0.6 is 0 Å². The third-order valence-electron chi connectivity index (χ3n) is 2.99. The number of nitrogens with one attached hydrogen (secondary N) is 1. The highest BCUT2D eigenvalue weighted by Gasteiger charge is 2.30. The van der Waals surface area contributed by atoms with E-state index in [0.29, 0.717) is 18.4 Å². The van der Waals surface area contributed by atoms with Crippen molar-refractivity contribution in [1.82, 2.24) is 10.2 Å². The third-order valence-corrected chi connectivity index (χ3v) is 2.99. The van der Waals surface area contributed by atoms with Gasteiger partial charge in [0.15, 0.2) is 0 Å². The molecule has 1 rings (SSSR count). The lowest BCUT2D eigenvalue weighted by Gasteiger charge is -2.20. The van der Waals surface area contributed by atoms with Crippen molar-refractivity contribution in [3.63, 3.8) is 0 Å². The van der Waals surface area contributed by atoms with E-state index in [1.165, 1.54) is 0 Å². The average molecular weight is 242 g/mol. The van der Waals surface area contributed by atoms with Crippen LogP contribution in [0, 0.1) is 5.92 Å². The van der Waals surface area contributed by atoms with Crippen LogP contribution in [0.2, 0.25) is 0 Å². The lowest BCUT2D eigenvalue weighted by atomic mass is 10.0. The fourth-order valence-corrected chi connectivity index (χ4v) is 1.74. The summed E-state index contributed by atoms with van der Waals surface area (Å²) in [6, 6.07) is -0.260. The minimum atomic E-state index is -0.888. The fraction of sp³-hybridized carbons (Fsp3) is 0.833. The summed E-state index contributed by atoms with van der Waals surface area (Å²) in [7, 11) is 1.78. The van der Waals surface area contributed by atoms with Crippen LogP contribution in [-0.2, 0) is 9.59 Å². The van der Waals surface area contributed by atoms with E-state index in [2.05, 4.69) is 5.32 Å². The molecule has 98 valence electrons. The van der Waals surface area contributed by atoms with Crippen LogP contribution in [0.5, 0.6) is 0 Å². The highest BCUT2D eigenvalue weighted by atomic mass is 16.4. The molecule has 1 saturated carbocycles. The van der Waals surface area contributed by atoms with Crippen LogP contribution in [0.4, 0.5) is 0 Å². The van der Waals surface area contributed by atoms with E-state index in [1.807, 2.05) is 13.8 Å². The number of hydrogen-bond donors (Lipinski definition) is 2. The summed E-state index contributed by atoms with van der Waals surface area (Å²) in [6.07, 6.45) is 2.67. The number of carboxylic acid groups (broad SMARTS) is 1. The summed E-state index contributed by atoms with van der Waals surface area (Å²) in [5, 5.41) is 11.8. The molecule has 1 aliphatic rings. The second-order valence-electron chi connectivity index (χ2n) is 5.14. The Kier molecular flexibility index (Phi) is 4.93. The van der Waals surface area contributed by atoms with E-state index in [4.69, 9.17) is 5.11 Å². The first-order chi connectivity index (χ1) is 7.91. The summed E-state index contributed by atoms with van der Waals surface area (Å²) in [4.78, 5) is 24.4. The number of aliphatic carboxylic acids is 1. The van der Waals surface area contributed by atoms with Crippen molar-refractivity contribution in [2.75, 3.05) is 13.6 Å². The van der Waals surface area contributed by atoms with Crippen LogP contribution < -0.4 is 5.32 Å². The molecule has 0 aromatic carbocycles. The van der Waals surface area contributed by atoms with E-state index in [1.54, 1.807) is 11.9 Å². The van der Waals surface area contributed by atoms with Crippen LogP contribution in [0.3, 0.4) is 0 Å². The van der Waals surface area contributed by atoms with Crippen LogP contribution in [-0.4, -0.2) is 47.6 Å². The molecule has 1 fully saturated rings. The Bertz CT molecular complexity index is 287. The molecule has 17 heavy (non-hydrogen) atoms. The first-order valence-electron chi connectivity index (χ1n) is 6.13. The molecular weight excluding hydrogens is 220 g/mol. The Morgan fingerprint density at radius 1 is 1.41 bits per heavy atom. The van der Waals surface area contributed by atoms with Crippen molar-refractivity contribution in [3.8, 4) is 0 Å². The second-order valence-corrected chi connectivity index (χ2v) is 5.14. The zero-order valence-electron chi connectivity index (χ0n) is 10.8. The topological polar surface area (TPSA) is 69.6 Å². The number of carboxylic acids is 1. The molecule has 0 aromatic heterocycles. The molecule has 1 atom stereocenters. The van der Waals surface area contributed by atoms with Gasteiger partial charge in [0.25, 0.3) is 0 Å². The first-order valence-corrected chi connectivity index (χ1v) is 6.13. The van der Waals surface area contributed by atoms with Crippen molar-refractivity contribution in [2.45, 2.75) is 45.2 Å². The summed E-state index contributed by atoms with van der Waals surface area (Å²) in [5.41, 5.74) is 0. The molecule has 0 spiro atoms. The van der Waals surface area contributed by atoms with Crippen LogP contribution in [0.1, 0.15) is 33.1 Å². The normalized spacial score (nSPS) is 16.9. The predicted molar refractivity (Wildman–Crippen MR) is 64.7 cm³/mol. The van der Waals surface area contributed by atoms with Gasteiger partial charge in [-0.25, -0.2) is 0 Å². The second kappa shape index (κ2) is 6.00. The van der Waals surface area contributed by atoms with Crippen LogP contribution in [0.25, 0.3) is 0 Å². The van der Waals surface area contributed by atoms with E-state index in [0.717, 1.165) is 12.8 Å². The van der Waals surface area contributed by atoms with Gasteiger partial charge < -0.3 is 10.0 Å². The maximum Gasteiger partial charge on any atom is 0.320 e. The molecule has 0 aliphatic heterocycles. The number of hydrogen-bond acceptors (Lipinski definition) is 3. The summed E-state index contributed by atoms with van der Waals surface area (Å²) >= 11 is 0. The molecule has 0 aromatic rings. The smallest absolute Gasteiger partial charge is 0.320 e. The molecule has 2 N–H and O–H groups in total. The molecule has 0 radical (unpaired) electrons. The molecule has 0 heterocycles. The Morgan fingerprint density at radius 3 is 2.41 bits per heavy atom. The molecular formula is C12H22N2O3. The standard InChI is InChI=1S/C12H22N2O3/c1-8(2)6-10(12(16)17)13-7-11(15)14(3)9-4-5-9/h8-10,13H,4-7H2,1-3H3,(H,16,17). The van der Waals surface area contributed by atoms with Crippen molar-refractivity contribution in [2.24, 2.45) is 5.92 Å². The van der Waals surface area contributed by atoms with E-state index >= 15 is 0 Å². The van der Waals surface area contributed by atoms with E-state index in [9.17, 15) is 9.59 Å². The number of carbonyl (C=O) groups excluding carboxylic acids is 1. The van der Waals surface area contributed by atoms with E-state index < -0.39 is 12.0 Å². The number of nitrogens with zero attached hydrogens (tertiary/aromatic N) is 1. The number of likely N-dealkylation sites (N-methyl/N-ethyl adjacent to an activating group) is 1. The monoisotopic (exact) mass is 242 g/mol. The Balaban J connectivity index is 2.34. The predicted octanol–water partition coefficient (Wildman–Crippen LogP) is 0.696. The van der Waals surface area contributed by atoms with Crippen molar-refractivity contribution in [1.29, 1.82) is 0 Å². The maximum atomic E-state index is 11.7. The molecule has 1 amide bonds. The number of carbonyl (C=O) groups is 2. The largest absolute Gasteiger partial charge is 0.480 e. The number of rotatable bonds is 7. The summed E-state index contributed by atoms with van der Waals surface area (Å²) < 4.78 is 0. The van der Waals surface area contributed by atoms with Gasteiger partial charge in [-0.1, -0.05) is 13.8 Å². The highest BCUT2D eigenvalue weighted by molar-refractivity contribution is 5.80. The molecule has 5 nitrogen and oxygen atoms in total. The van der Waals surface area contributed by atoms with Crippen LogP contribution in [0.15, 0.2) is 0 Å². The average Bonchev–Trinajstić information content (AvgIpc) is 3.05. The van der Waals surface area contributed by atoms with E-state index in [-0.39, 0.29) is 12.5 Å². The Morgan fingerprint density at radius 2 is 2.00 bits per heavy atom. The Hall–Kier alpha value is -1.10. The highest BCUT2D eigenvalue weighted by Crippen LogP contribution is 2.25. The van der Waals surface area contributed by atoms with Gasteiger partial charge >= 0.3 is 5.97 Å². The minimum Gasteiger partial charge on any atom is -0.480 e. The molecule has 5 heteroatoms. The quantitative estimate of drug-likeness (QED) is 0.689. The van der Waals surface area contributed by atoms with Gasteiger partial charge in [0.1, 0.15) is 6.04 Å². The molecule has 0 bridgehead atoms. The minimum absolute atomic E-state index is 0.0255. The molecule has 1 aliphatic carbocycles. The zero-order valence-corrected chi connectivity index (χ0v) is 10.8. The van der Waals surface area contributed by atoms with Gasteiger partial charge in [0, 0.05) is 13.1 Å². The lowest BCUT2D eigenvalue weighted by Crippen LogP contribution is -2.44. The van der Waals surface area contributed by atoms with Gasteiger partial charge in [-0.05, 0) is 25.2 Å².